The number of rotatable bonds is 5. The van der Waals surface area contributed by atoms with Crippen LogP contribution in [0.1, 0.15) is 22.8 Å². The van der Waals surface area contributed by atoms with Crippen LogP contribution in [0.2, 0.25) is 5.02 Å². The first-order chi connectivity index (χ1) is 14.7. The van der Waals surface area contributed by atoms with Gasteiger partial charge in [0.05, 0.1) is 22.9 Å². The van der Waals surface area contributed by atoms with Gasteiger partial charge in [-0.2, -0.15) is 4.98 Å². The predicted molar refractivity (Wildman–Crippen MR) is 114 cm³/mol. The van der Waals surface area contributed by atoms with Crippen LogP contribution < -0.4 is 14.4 Å². The average Bonchev–Trinajstić information content (AvgIpc) is 3.12. The van der Waals surface area contributed by atoms with Crippen molar-refractivity contribution in [1.29, 1.82) is 0 Å². The first-order valence-electron chi connectivity index (χ1n) is 9.30. The van der Waals surface area contributed by atoms with E-state index in [1.807, 2.05) is 19.9 Å². The molecule has 0 saturated carbocycles. The number of ether oxygens (including phenoxy) is 1. The Hall–Kier alpha value is -3.11. The third-order valence-corrected chi connectivity index (χ3v) is 6.79. The van der Waals surface area contributed by atoms with Gasteiger partial charge in [-0.05, 0) is 37.1 Å². The van der Waals surface area contributed by atoms with Crippen LogP contribution in [-0.4, -0.2) is 31.1 Å². The number of aryl methyl sites for hydroxylation is 2. The van der Waals surface area contributed by atoms with Gasteiger partial charge in [0.2, 0.25) is 5.89 Å². The fourth-order valence-corrected chi connectivity index (χ4v) is 4.85. The Balaban J connectivity index is 1.70. The molecule has 2 heterocycles. The van der Waals surface area contributed by atoms with E-state index >= 15 is 0 Å². The predicted octanol–water partition coefficient (Wildman–Crippen LogP) is 3.37. The molecular weight excluding hydrogens is 444 g/mol. The molecule has 0 saturated heterocycles. The van der Waals surface area contributed by atoms with Crippen LogP contribution >= 0.6 is 11.6 Å². The molecule has 2 aromatic carbocycles. The first kappa shape index (κ1) is 21.1. The SMILES string of the molecule is Cc1nc(CN2C(=O)COc3cc(S(=O)(=O)Nc4cccc(C)c4C)c(Cl)cc32)no1. The highest BCUT2D eigenvalue weighted by Gasteiger charge is 2.31. The van der Waals surface area contributed by atoms with E-state index in [4.69, 9.17) is 20.9 Å². The first-order valence-corrected chi connectivity index (χ1v) is 11.2. The molecule has 1 aromatic heterocycles. The lowest BCUT2D eigenvalue weighted by molar-refractivity contribution is -0.121. The van der Waals surface area contributed by atoms with Gasteiger partial charge < -0.3 is 9.26 Å². The van der Waals surface area contributed by atoms with E-state index < -0.39 is 10.0 Å². The summed E-state index contributed by atoms with van der Waals surface area (Å²) in [5.41, 5.74) is 2.54. The zero-order valence-corrected chi connectivity index (χ0v) is 18.5. The molecule has 0 bridgehead atoms. The third kappa shape index (κ3) is 4.08. The minimum absolute atomic E-state index is 0.0374. The summed E-state index contributed by atoms with van der Waals surface area (Å²) in [6.07, 6.45) is 0. The van der Waals surface area contributed by atoms with Crippen LogP contribution in [0.15, 0.2) is 39.8 Å². The fourth-order valence-electron chi connectivity index (χ4n) is 3.19. The third-order valence-electron chi connectivity index (χ3n) is 4.96. The second kappa shape index (κ2) is 7.86. The number of nitrogens with zero attached hydrogens (tertiary/aromatic N) is 3. The summed E-state index contributed by atoms with van der Waals surface area (Å²) in [4.78, 5) is 17.7. The van der Waals surface area contributed by atoms with Gasteiger partial charge >= 0.3 is 0 Å². The molecule has 162 valence electrons. The number of amides is 1. The minimum atomic E-state index is -4.01. The molecule has 0 fully saturated rings. The Bertz CT molecular complexity index is 1290. The summed E-state index contributed by atoms with van der Waals surface area (Å²) in [6, 6.07) is 8.03. The van der Waals surface area contributed by atoms with Gasteiger partial charge in [-0.15, -0.1) is 0 Å². The molecule has 1 N–H and O–H groups in total. The Kier molecular flexibility index (Phi) is 5.36. The fraction of sp³-hybridized carbons (Fsp3) is 0.250. The number of fused-ring (bicyclic) bond motifs is 1. The number of halogens is 1. The monoisotopic (exact) mass is 462 g/mol. The van der Waals surface area contributed by atoms with Crippen LogP contribution in [-0.2, 0) is 21.4 Å². The molecule has 9 nitrogen and oxygen atoms in total. The van der Waals surface area contributed by atoms with Crippen molar-refractivity contribution in [2.24, 2.45) is 0 Å². The van der Waals surface area contributed by atoms with E-state index in [0.29, 0.717) is 23.1 Å². The summed E-state index contributed by atoms with van der Waals surface area (Å²) in [5.74, 6) is 0.553. The van der Waals surface area contributed by atoms with Crippen molar-refractivity contribution < 1.29 is 22.5 Å². The number of carbonyl (C=O) groups excluding carboxylic acids is 1. The number of sulfonamides is 1. The van der Waals surface area contributed by atoms with Crippen LogP contribution in [0, 0.1) is 20.8 Å². The smallest absolute Gasteiger partial charge is 0.265 e. The highest BCUT2D eigenvalue weighted by atomic mass is 35.5. The van der Waals surface area contributed by atoms with Crippen LogP contribution in [0.25, 0.3) is 0 Å². The maximum Gasteiger partial charge on any atom is 0.265 e. The molecule has 0 spiro atoms. The normalized spacial score (nSPS) is 13.7. The Morgan fingerprint density at radius 2 is 2.00 bits per heavy atom. The lowest BCUT2D eigenvalue weighted by Crippen LogP contribution is -2.38. The van der Waals surface area contributed by atoms with Crippen molar-refractivity contribution in [1.82, 2.24) is 10.1 Å². The maximum absolute atomic E-state index is 13.0. The molecule has 0 radical (unpaired) electrons. The van der Waals surface area contributed by atoms with E-state index in [2.05, 4.69) is 14.9 Å². The Morgan fingerprint density at radius 1 is 1.23 bits per heavy atom. The number of anilines is 2. The standard InChI is InChI=1S/C20H19ClN4O5S/c1-11-5-4-6-15(12(11)2)24-31(27,28)18-8-17-16(7-14(18)21)25(20(26)10-29-17)9-19-22-13(3)30-23-19/h4-8,24H,9-10H2,1-3H3. The van der Waals surface area contributed by atoms with Crippen molar-refractivity contribution >= 4 is 38.9 Å². The Morgan fingerprint density at radius 3 is 2.71 bits per heavy atom. The van der Waals surface area contributed by atoms with Gasteiger partial charge in [-0.1, -0.05) is 28.9 Å². The van der Waals surface area contributed by atoms with Gasteiger partial charge in [-0.3, -0.25) is 14.4 Å². The van der Waals surface area contributed by atoms with Crippen molar-refractivity contribution in [2.75, 3.05) is 16.2 Å². The molecule has 11 heteroatoms. The van der Waals surface area contributed by atoms with Gasteiger partial charge in [0.1, 0.15) is 10.6 Å². The lowest BCUT2D eigenvalue weighted by Gasteiger charge is -2.29. The zero-order valence-electron chi connectivity index (χ0n) is 17.0. The molecule has 1 aliphatic heterocycles. The quantitative estimate of drug-likeness (QED) is 0.618. The van der Waals surface area contributed by atoms with Crippen molar-refractivity contribution in [3.63, 3.8) is 0 Å². The van der Waals surface area contributed by atoms with E-state index in [0.717, 1.165) is 11.1 Å². The van der Waals surface area contributed by atoms with Gasteiger partial charge in [0.15, 0.2) is 12.4 Å². The van der Waals surface area contributed by atoms with E-state index in [1.54, 1.807) is 19.1 Å². The number of carbonyl (C=O) groups is 1. The molecule has 1 amide bonds. The van der Waals surface area contributed by atoms with E-state index in [1.165, 1.54) is 17.0 Å². The number of nitrogens with one attached hydrogen (secondary N) is 1. The van der Waals surface area contributed by atoms with Gasteiger partial charge in [0, 0.05) is 13.0 Å². The summed E-state index contributed by atoms with van der Waals surface area (Å²) >= 11 is 6.34. The van der Waals surface area contributed by atoms with Gasteiger partial charge in [-0.25, -0.2) is 8.42 Å². The topological polar surface area (TPSA) is 115 Å². The van der Waals surface area contributed by atoms with E-state index in [-0.39, 0.29) is 34.7 Å². The second-order valence-corrected chi connectivity index (χ2v) is 9.16. The molecule has 1 aliphatic rings. The number of benzene rings is 2. The summed E-state index contributed by atoms with van der Waals surface area (Å²) in [5, 5.41) is 3.75. The number of aromatic nitrogens is 2. The second-order valence-electron chi connectivity index (χ2n) is 7.10. The van der Waals surface area contributed by atoms with E-state index in [9.17, 15) is 13.2 Å². The van der Waals surface area contributed by atoms with Crippen molar-refractivity contribution in [2.45, 2.75) is 32.2 Å². The average molecular weight is 463 g/mol. The zero-order chi connectivity index (χ0) is 22.3. The van der Waals surface area contributed by atoms with Crippen molar-refractivity contribution in [3.05, 3.63) is 58.2 Å². The maximum atomic E-state index is 13.0. The number of hydrogen-bond acceptors (Lipinski definition) is 7. The summed E-state index contributed by atoms with van der Waals surface area (Å²) in [7, 11) is -4.01. The molecule has 0 aliphatic carbocycles. The molecule has 4 rings (SSSR count). The highest BCUT2D eigenvalue weighted by Crippen LogP contribution is 2.39. The molecular formula is C20H19ClN4O5S. The van der Waals surface area contributed by atoms with Crippen LogP contribution in [0.4, 0.5) is 11.4 Å². The molecule has 0 unspecified atom stereocenters. The minimum Gasteiger partial charge on any atom is -0.482 e. The summed E-state index contributed by atoms with van der Waals surface area (Å²) in [6.45, 7) is 5.14. The highest BCUT2D eigenvalue weighted by molar-refractivity contribution is 7.92. The largest absolute Gasteiger partial charge is 0.482 e. The molecule has 3 aromatic rings. The van der Waals surface area contributed by atoms with Crippen LogP contribution in [0.3, 0.4) is 0 Å². The molecule has 31 heavy (non-hydrogen) atoms. The number of hydrogen-bond donors (Lipinski definition) is 1. The van der Waals surface area contributed by atoms with Crippen molar-refractivity contribution in [3.8, 4) is 5.75 Å². The van der Waals surface area contributed by atoms with Crippen LogP contribution in [0.5, 0.6) is 5.75 Å². The Labute approximate surface area is 184 Å². The molecule has 0 atom stereocenters. The lowest BCUT2D eigenvalue weighted by atomic mass is 10.1. The summed E-state index contributed by atoms with van der Waals surface area (Å²) < 4.78 is 39.1. The van der Waals surface area contributed by atoms with Gasteiger partial charge in [0.25, 0.3) is 15.9 Å².